The van der Waals surface area contributed by atoms with Crippen molar-refractivity contribution < 1.29 is 19.1 Å². The zero-order valence-corrected chi connectivity index (χ0v) is 16.2. The molecule has 0 saturated heterocycles. The number of nitrogens with zero attached hydrogens (tertiary/aromatic N) is 2. The molecule has 148 valence electrons. The summed E-state index contributed by atoms with van der Waals surface area (Å²) in [6.45, 7) is 3.45. The van der Waals surface area contributed by atoms with E-state index in [2.05, 4.69) is 15.3 Å². The minimum absolute atomic E-state index is 0.0750. The van der Waals surface area contributed by atoms with Crippen LogP contribution >= 0.6 is 0 Å². The number of nitrogens with one attached hydrogen (secondary N) is 1. The molecule has 2 aromatic carbocycles. The maximum absolute atomic E-state index is 12.6. The molecular formula is C22H21N3O4. The van der Waals surface area contributed by atoms with E-state index in [0.29, 0.717) is 34.3 Å². The molecule has 0 spiro atoms. The lowest BCUT2D eigenvalue weighted by molar-refractivity contribution is -0.116. The molecule has 7 heteroatoms. The van der Waals surface area contributed by atoms with E-state index in [9.17, 15) is 14.4 Å². The maximum Gasteiger partial charge on any atom is 0.338 e. The third-order valence-corrected chi connectivity index (χ3v) is 4.29. The summed E-state index contributed by atoms with van der Waals surface area (Å²) in [6.07, 6.45) is 3.35. The van der Waals surface area contributed by atoms with Crippen LogP contribution in [-0.4, -0.2) is 33.7 Å². The lowest BCUT2D eigenvalue weighted by atomic mass is 10.1. The van der Waals surface area contributed by atoms with Gasteiger partial charge in [0.2, 0.25) is 11.7 Å². The first-order valence-corrected chi connectivity index (χ1v) is 9.34. The molecule has 0 radical (unpaired) electrons. The molecule has 1 atom stereocenters. The number of benzene rings is 2. The fourth-order valence-corrected chi connectivity index (χ4v) is 2.78. The van der Waals surface area contributed by atoms with Crippen LogP contribution in [0.1, 0.15) is 47.4 Å². The Bertz CT molecular complexity index is 1050. The average Bonchev–Trinajstić information content (AvgIpc) is 2.73. The van der Waals surface area contributed by atoms with Crippen LogP contribution in [0, 0.1) is 0 Å². The van der Waals surface area contributed by atoms with Gasteiger partial charge in [-0.05, 0) is 55.8 Å². The highest BCUT2D eigenvalue weighted by Crippen LogP contribution is 2.16. The number of rotatable bonds is 7. The fraction of sp³-hybridized carbons (Fsp3) is 0.227. The molecule has 1 heterocycles. The first-order valence-electron chi connectivity index (χ1n) is 9.34. The van der Waals surface area contributed by atoms with Gasteiger partial charge in [0, 0.05) is 30.1 Å². The highest BCUT2D eigenvalue weighted by Gasteiger charge is 2.21. The Morgan fingerprint density at radius 3 is 2.31 bits per heavy atom. The van der Waals surface area contributed by atoms with Crippen LogP contribution in [0.2, 0.25) is 0 Å². The number of anilines is 1. The molecular weight excluding hydrogens is 370 g/mol. The van der Waals surface area contributed by atoms with Crippen LogP contribution in [0.5, 0.6) is 0 Å². The number of carbonyl (C=O) groups is 3. The predicted octanol–water partition coefficient (Wildman–Crippen LogP) is 3.80. The van der Waals surface area contributed by atoms with E-state index < -0.39 is 12.1 Å². The number of hydrogen-bond acceptors (Lipinski definition) is 6. The highest BCUT2D eigenvalue weighted by molar-refractivity contribution is 6.02. The number of esters is 1. The summed E-state index contributed by atoms with van der Waals surface area (Å²) in [5.41, 5.74) is 2.54. The summed E-state index contributed by atoms with van der Waals surface area (Å²) in [4.78, 5) is 44.9. The number of fused-ring (bicyclic) bond motifs is 1. The van der Waals surface area contributed by atoms with E-state index in [4.69, 9.17) is 4.74 Å². The second kappa shape index (κ2) is 9.05. The number of carbonyl (C=O) groups excluding carboxylic acids is 3. The molecule has 0 bridgehead atoms. The van der Waals surface area contributed by atoms with Gasteiger partial charge in [0.15, 0.2) is 6.10 Å². The monoisotopic (exact) mass is 391 g/mol. The number of ketones is 1. The van der Waals surface area contributed by atoms with E-state index in [0.717, 1.165) is 6.42 Å². The van der Waals surface area contributed by atoms with Crippen LogP contribution in [0.3, 0.4) is 0 Å². The van der Waals surface area contributed by atoms with Crippen molar-refractivity contribution >= 4 is 34.4 Å². The molecule has 0 aliphatic carbocycles. The molecule has 3 rings (SSSR count). The van der Waals surface area contributed by atoms with Crippen molar-refractivity contribution in [2.24, 2.45) is 0 Å². The van der Waals surface area contributed by atoms with Crippen molar-refractivity contribution in [1.29, 1.82) is 0 Å². The fourth-order valence-electron chi connectivity index (χ4n) is 2.78. The van der Waals surface area contributed by atoms with E-state index in [-0.39, 0.29) is 11.7 Å². The Morgan fingerprint density at radius 1 is 0.966 bits per heavy atom. The van der Waals surface area contributed by atoms with Crippen LogP contribution in [0.4, 0.5) is 5.69 Å². The van der Waals surface area contributed by atoms with Gasteiger partial charge in [-0.3, -0.25) is 19.6 Å². The van der Waals surface area contributed by atoms with Crippen molar-refractivity contribution in [2.75, 3.05) is 5.32 Å². The quantitative estimate of drug-likeness (QED) is 0.486. The van der Waals surface area contributed by atoms with Gasteiger partial charge >= 0.3 is 5.97 Å². The summed E-state index contributed by atoms with van der Waals surface area (Å²) < 4.78 is 5.32. The zero-order valence-electron chi connectivity index (χ0n) is 16.2. The van der Waals surface area contributed by atoms with Crippen LogP contribution in [0.15, 0.2) is 54.9 Å². The summed E-state index contributed by atoms with van der Waals surface area (Å²) in [6, 6.07) is 11.3. The molecule has 1 amide bonds. The van der Waals surface area contributed by atoms with Gasteiger partial charge in [0.25, 0.3) is 0 Å². The van der Waals surface area contributed by atoms with Gasteiger partial charge in [0.1, 0.15) is 0 Å². The lowest BCUT2D eigenvalue weighted by Gasteiger charge is -2.13. The Hall–Kier alpha value is -3.61. The average molecular weight is 391 g/mol. The lowest BCUT2D eigenvalue weighted by Crippen LogP contribution is -2.24. The smallest absolute Gasteiger partial charge is 0.338 e. The summed E-state index contributed by atoms with van der Waals surface area (Å²) >= 11 is 0. The van der Waals surface area contributed by atoms with E-state index in [1.54, 1.807) is 48.7 Å². The third kappa shape index (κ3) is 5.01. The second-order valence-electron chi connectivity index (χ2n) is 6.55. The summed E-state index contributed by atoms with van der Waals surface area (Å²) in [7, 11) is 0. The number of Topliss-reactive ketones (excluding diaryl/α,β-unsaturated/α-hetero) is 1. The Labute approximate surface area is 168 Å². The molecule has 0 unspecified atom stereocenters. The number of hydrogen-bond donors (Lipinski definition) is 1. The SMILES string of the molecule is CCCC(=O)Nc1ccc(C(=O)[C@@H](C)OC(=O)c2ccc3nccnc3c2)cc1. The molecule has 0 fully saturated rings. The molecule has 29 heavy (non-hydrogen) atoms. The standard InChI is InChI=1S/C22H21N3O4/c1-3-4-20(26)25-17-8-5-15(6-9-17)21(27)14(2)29-22(28)16-7-10-18-19(13-16)24-12-11-23-18/h5-14H,3-4H2,1-2H3,(H,25,26)/t14-/m1/s1. The minimum atomic E-state index is -0.958. The van der Waals surface area contributed by atoms with Gasteiger partial charge in [-0.2, -0.15) is 0 Å². The Kier molecular flexibility index (Phi) is 6.29. The van der Waals surface area contributed by atoms with Crippen LogP contribution in [-0.2, 0) is 9.53 Å². The van der Waals surface area contributed by atoms with Crippen molar-refractivity contribution in [3.05, 3.63) is 66.0 Å². The number of aromatic nitrogens is 2. The van der Waals surface area contributed by atoms with Crippen molar-refractivity contribution in [1.82, 2.24) is 9.97 Å². The van der Waals surface area contributed by atoms with Crippen molar-refractivity contribution in [3.63, 3.8) is 0 Å². The Balaban J connectivity index is 1.64. The molecule has 0 aliphatic heterocycles. The van der Waals surface area contributed by atoms with E-state index in [1.165, 1.54) is 13.1 Å². The van der Waals surface area contributed by atoms with Gasteiger partial charge in [-0.1, -0.05) is 6.92 Å². The number of amides is 1. The topological polar surface area (TPSA) is 98.2 Å². The Morgan fingerprint density at radius 2 is 1.62 bits per heavy atom. The predicted molar refractivity (Wildman–Crippen MR) is 109 cm³/mol. The van der Waals surface area contributed by atoms with Crippen molar-refractivity contribution in [3.8, 4) is 0 Å². The summed E-state index contributed by atoms with van der Waals surface area (Å²) in [5.74, 6) is -1.01. The zero-order chi connectivity index (χ0) is 20.8. The molecule has 1 N–H and O–H groups in total. The van der Waals surface area contributed by atoms with Gasteiger partial charge in [-0.15, -0.1) is 0 Å². The molecule has 0 aliphatic rings. The molecule has 7 nitrogen and oxygen atoms in total. The first-order chi connectivity index (χ1) is 14.0. The van der Waals surface area contributed by atoms with Gasteiger partial charge < -0.3 is 10.1 Å². The second-order valence-corrected chi connectivity index (χ2v) is 6.55. The highest BCUT2D eigenvalue weighted by atomic mass is 16.5. The number of ether oxygens (including phenoxy) is 1. The minimum Gasteiger partial charge on any atom is -0.451 e. The van der Waals surface area contributed by atoms with E-state index in [1.807, 2.05) is 6.92 Å². The van der Waals surface area contributed by atoms with Gasteiger partial charge in [0.05, 0.1) is 16.6 Å². The molecule has 1 aromatic heterocycles. The largest absolute Gasteiger partial charge is 0.451 e. The van der Waals surface area contributed by atoms with Crippen LogP contribution in [0.25, 0.3) is 11.0 Å². The van der Waals surface area contributed by atoms with E-state index >= 15 is 0 Å². The summed E-state index contributed by atoms with van der Waals surface area (Å²) in [5, 5.41) is 2.76. The normalized spacial score (nSPS) is 11.7. The molecule has 0 saturated carbocycles. The van der Waals surface area contributed by atoms with Crippen molar-refractivity contribution in [2.45, 2.75) is 32.8 Å². The van der Waals surface area contributed by atoms with Crippen LogP contribution < -0.4 is 5.32 Å². The maximum atomic E-state index is 12.6. The van der Waals surface area contributed by atoms with Gasteiger partial charge in [-0.25, -0.2) is 4.79 Å². The molecule has 3 aromatic rings. The first kappa shape index (κ1) is 20.1. The third-order valence-electron chi connectivity index (χ3n) is 4.29.